The fourth-order valence-corrected chi connectivity index (χ4v) is 3.58. The highest BCUT2D eigenvalue weighted by Crippen LogP contribution is 2.37. The summed E-state index contributed by atoms with van der Waals surface area (Å²) in [5, 5.41) is 12.7. The Morgan fingerprint density at radius 2 is 2.23 bits per heavy atom. The van der Waals surface area contributed by atoms with Crippen molar-refractivity contribution in [2.45, 2.75) is 26.2 Å². The number of aliphatic carboxylic acids is 1. The Morgan fingerprint density at radius 3 is 2.94 bits per heavy atom. The quantitative estimate of drug-likeness (QED) is 0.378. The van der Waals surface area contributed by atoms with Crippen LogP contribution in [0.15, 0.2) is 64.9 Å². The monoisotopic (exact) mass is 420 g/mol. The Kier molecular flexibility index (Phi) is 7.07. The Balaban J connectivity index is 1.78. The van der Waals surface area contributed by atoms with Crippen LogP contribution in [0.2, 0.25) is 0 Å². The molecule has 0 fully saturated rings. The predicted octanol–water partition coefficient (Wildman–Crippen LogP) is 4.19. The Labute approximate surface area is 182 Å². The van der Waals surface area contributed by atoms with Gasteiger partial charge in [0.25, 0.3) is 0 Å². The van der Waals surface area contributed by atoms with Gasteiger partial charge in [0, 0.05) is 48.9 Å². The van der Waals surface area contributed by atoms with Crippen LogP contribution in [0, 0.1) is 6.92 Å². The summed E-state index contributed by atoms with van der Waals surface area (Å²) in [6.07, 6.45) is 3.67. The standard InChI is InChI=1S/C24H28N4O3/c1-16-6-5-7-23(27-16)28(4)19-8-9-21-18(11-13-31-22(21)14-19)15-26-17(2)20(24(29)30)10-12-25-3/h5-10,12,14,18,26H,3,11,13,15H2,1-2,4H3,(H,29,30)/b12-10-,20-17-/t18-/m0/s1. The van der Waals surface area contributed by atoms with Crippen LogP contribution >= 0.6 is 0 Å². The maximum Gasteiger partial charge on any atom is 0.337 e. The topological polar surface area (TPSA) is 87.0 Å². The summed E-state index contributed by atoms with van der Waals surface area (Å²) in [5.41, 5.74) is 3.83. The molecular weight excluding hydrogens is 392 g/mol. The molecule has 0 saturated heterocycles. The molecule has 3 rings (SSSR count). The third-order valence-corrected chi connectivity index (χ3v) is 5.36. The highest BCUT2D eigenvalue weighted by molar-refractivity contribution is 5.90. The van der Waals surface area contributed by atoms with E-state index in [0.717, 1.165) is 34.9 Å². The number of aryl methyl sites for hydroxylation is 1. The zero-order valence-corrected chi connectivity index (χ0v) is 18.1. The number of nitrogens with zero attached hydrogens (tertiary/aromatic N) is 3. The Hall–Kier alpha value is -3.61. The van der Waals surface area contributed by atoms with Crippen LogP contribution in [-0.2, 0) is 4.79 Å². The number of carbonyl (C=O) groups is 1. The van der Waals surface area contributed by atoms with Crippen LogP contribution in [0.4, 0.5) is 11.5 Å². The molecule has 0 unspecified atom stereocenters. The van der Waals surface area contributed by atoms with E-state index in [-0.39, 0.29) is 11.5 Å². The lowest BCUT2D eigenvalue weighted by Gasteiger charge is -2.28. The molecule has 2 aromatic rings. The molecule has 0 saturated carbocycles. The number of ether oxygens (including phenoxy) is 1. The molecule has 1 atom stereocenters. The number of carboxylic acid groups (broad SMARTS) is 1. The highest BCUT2D eigenvalue weighted by Gasteiger charge is 2.23. The van der Waals surface area contributed by atoms with Crippen molar-refractivity contribution in [2.24, 2.45) is 4.99 Å². The second-order valence-corrected chi connectivity index (χ2v) is 7.48. The predicted molar refractivity (Wildman–Crippen MR) is 123 cm³/mol. The third kappa shape index (κ3) is 5.31. The van der Waals surface area contributed by atoms with Crippen molar-refractivity contribution in [1.82, 2.24) is 10.3 Å². The van der Waals surface area contributed by atoms with Gasteiger partial charge in [0.15, 0.2) is 0 Å². The third-order valence-electron chi connectivity index (χ3n) is 5.36. The molecule has 2 heterocycles. The molecule has 7 nitrogen and oxygen atoms in total. The lowest BCUT2D eigenvalue weighted by atomic mass is 9.92. The number of nitrogens with one attached hydrogen (secondary N) is 1. The first-order valence-corrected chi connectivity index (χ1v) is 10.1. The van der Waals surface area contributed by atoms with Crippen LogP contribution < -0.4 is 15.0 Å². The van der Waals surface area contributed by atoms with Gasteiger partial charge in [-0.05, 0) is 56.8 Å². The molecule has 0 amide bonds. The molecule has 1 aromatic heterocycles. The molecule has 7 heteroatoms. The van der Waals surface area contributed by atoms with Crippen molar-refractivity contribution in [2.75, 3.05) is 25.1 Å². The number of allylic oxidation sites excluding steroid dienone is 1. The molecule has 162 valence electrons. The van der Waals surface area contributed by atoms with Crippen LogP contribution in [0.25, 0.3) is 0 Å². The molecule has 0 aliphatic carbocycles. The number of hydrogen-bond acceptors (Lipinski definition) is 6. The van der Waals surface area contributed by atoms with E-state index in [1.165, 1.54) is 12.3 Å². The number of carboxylic acids is 1. The van der Waals surface area contributed by atoms with Crippen LogP contribution in [-0.4, -0.2) is 43.0 Å². The molecule has 1 aliphatic rings. The second kappa shape index (κ2) is 9.93. The first-order chi connectivity index (χ1) is 14.9. The van der Waals surface area contributed by atoms with Crippen molar-refractivity contribution >= 4 is 24.2 Å². The van der Waals surface area contributed by atoms with Gasteiger partial charge in [0.1, 0.15) is 11.6 Å². The first-order valence-electron chi connectivity index (χ1n) is 10.1. The fraction of sp³-hybridized carbons (Fsp3) is 0.292. The zero-order valence-electron chi connectivity index (χ0n) is 18.1. The summed E-state index contributed by atoms with van der Waals surface area (Å²) < 4.78 is 5.94. The van der Waals surface area contributed by atoms with Gasteiger partial charge in [-0.3, -0.25) is 4.99 Å². The smallest absolute Gasteiger partial charge is 0.337 e. The number of anilines is 2. The van der Waals surface area contributed by atoms with Gasteiger partial charge < -0.3 is 20.1 Å². The van der Waals surface area contributed by atoms with E-state index in [1.54, 1.807) is 6.92 Å². The number of aromatic nitrogens is 1. The number of benzene rings is 1. The Bertz CT molecular complexity index is 1030. The van der Waals surface area contributed by atoms with E-state index in [2.05, 4.69) is 34.1 Å². The molecule has 0 spiro atoms. The molecule has 0 radical (unpaired) electrons. The maximum absolute atomic E-state index is 11.5. The largest absolute Gasteiger partial charge is 0.493 e. The molecule has 31 heavy (non-hydrogen) atoms. The Morgan fingerprint density at radius 1 is 1.42 bits per heavy atom. The minimum absolute atomic E-state index is 0.169. The van der Waals surface area contributed by atoms with Crippen molar-refractivity contribution in [3.63, 3.8) is 0 Å². The van der Waals surface area contributed by atoms with E-state index in [9.17, 15) is 9.90 Å². The summed E-state index contributed by atoms with van der Waals surface area (Å²) >= 11 is 0. The van der Waals surface area contributed by atoms with E-state index < -0.39 is 5.97 Å². The van der Waals surface area contributed by atoms with E-state index in [0.29, 0.717) is 18.8 Å². The van der Waals surface area contributed by atoms with Crippen molar-refractivity contribution in [1.29, 1.82) is 0 Å². The van der Waals surface area contributed by atoms with Gasteiger partial charge in [0.2, 0.25) is 0 Å². The van der Waals surface area contributed by atoms with E-state index in [1.807, 2.05) is 43.1 Å². The van der Waals surface area contributed by atoms with Gasteiger partial charge in [-0.25, -0.2) is 9.78 Å². The molecule has 1 aliphatic heterocycles. The lowest BCUT2D eigenvalue weighted by molar-refractivity contribution is -0.132. The summed E-state index contributed by atoms with van der Waals surface area (Å²) in [6, 6.07) is 12.1. The summed E-state index contributed by atoms with van der Waals surface area (Å²) in [4.78, 5) is 21.7. The van der Waals surface area contributed by atoms with Crippen LogP contribution in [0.1, 0.15) is 30.5 Å². The van der Waals surface area contributed by atoms with Crippen molar-refractivity contribution in [3.8, 4) is 5.75 Å². The van der Waals surface area contributed by atoms with Gasteiger partial charge in [-0.1, -0.05) is 12.1 Å². The maximum atomic E-state index is 11.5. The van der Waals surface area contributed by atoms with Gasteiger partial charge in [0.05, 0.1) is 12.2 Å². The van der Waals surface area contributed by atoms with Crippen molar-refractivity contribution in [3.05, 3.63) is 71.2 Å². The SMILES string of the molecule is C=N/C=C\C(C(=O)O)=C(/C)NC[C@@H]1CCOc2cc(N(C)c3cccc(C)n3)ccc21. The van der Waals surface area contributed by atoms with Crippen LogP contribution in [0.5, 0.6) is 5.75 Å². The normalized spacial score (nSPS) is 16.2. The first kappa shape index (κ1) is 22.1. The fourth-order valence-electron chi connectivity index (χ4n) is 3.58. The number of rotatable bonds is 8. The highest BCUT2D eigenvalue weighted by atomic mass is 16.5. The van der Waals surface area contributed by atoms with Gasteiger partial charge >= 0.3 is 5.97 Å². The number of hydrogen-bond donors (Lipinski definition) is 2. The van der Waals surface area contributed by atoms with Crippen molar-refractivity contribution < 1.29 is 14.6 Å². The average Bonchev–Trinajstić information content (AvgIpc) is 2.76. The minimum atomic E-state index is -1.00. The second-order valence-electron chi connectivity index (χ2n) is 7.48. The summed E-state index contributed by atoms with van der Waals surface area (Å²) in [7, 11) is 1.98. The van der Waals surface area contributed by atoms with Gasteiger partial charge in [-0.2, -0.15) is 0 Å². The minimum Gasteiger partial charge on any atom is -0.493 e. The summed E-state index contributed by atoms with van der Waals surface area (Å²) in [5.74, 6) is 0.935. The van der Waals surface area contributed by atoms with Gasteiger partial charge in [-0.15, -0.1) is 0 Å². The average molecular weight is 421 g/mol. The molecular formula is C24H28N4O3. The van der Waals surface area contributed by atoms with Crippen LogP contribution in [0.3, 0.4) is 0 Å². The lowest BCUT2D eigenvalue weighted by Crippen LogP contribution is -2.26. The summed E-state index contributed by atoms with van der Waals surface area (Å²) in [6.45, 7) is 8.30. The van der Waals surface area contributed by atoms with E-state index in [4.69, 9.17) is 4.74 Å². The van der Waals surface area contributed by atoms with E-state index >= 15 is 0 Å². The molecule has 0 bridgehead atoms. The number of aliphatic imine (C=N–C) groups is 1. The number of pyridine rings is 1. The number of fused-ring (bicyclic) bond motifs is 1. The molecule has 1 aromatic carbocycles. The zero-order chi connectivity index (χ0) is 22.4. The molecule has 2 N–H and O–H groups in total.